The number of benzene rings is 2. The van der Waals surface area contributed by atoms with Crippen molar-refractivity contribution in [3.05, 3.63) is 70.4 Å². The van der Waals surface area contributed by atoms with Crippen molar-refractivity contribution >= 4 is 34.3 Å². The van der Waals surface area contributed by atoms with Gasteiger partial charge in [0.2, 0.25) is 11.8 Å². The largest absolute Gasteiger partial charge is 0.356 e. The van der Waals surface area contributed by atoms with Crippen molar-refractivity contribution in [1.29, 1.82) is 0 Å². The fourth-order valence-corrected chi connectivity index (χ4v) is 5.10. The first-order chi connectivity index (χ1) is 14.1. The maximum absolute atomic E-state index is 13.4. The van der Waals surface area contributed by atoms with Crippen LogP contribution in [0.25, 0.3) is 10.9 Å². The first kappa shape index (κ1) is 17.1. The van der Waals surface area contributed by atoms with Crippen LogP contribution in [-0.2, 0) is 16.0 Å². The van der Waals surface area contributed by atoms with Crippen LogP contribution in [0.2, 0.25) is 5.02 Å². The molecule has 1 N–H and O–H groups in total. The topological polar surface area (TPSA) is 56.4 Å². The molecule has 0 unspecified atom stereocenters. The zero-order valence-electron chi connectivity index (χ0n) is 15.8. The number of piperazine rings is 1. The van der Waals surface area contributed by atoms with Gasteiger partial charge in [-0.25, -0.2) is 0 Å². The Bertz CT molecular complexity index is 1150. The van der Waals surface area contributed by atoms with E-state index in [0.717, 1.165) is 40.6 Å². The molecular formula is C23H20ClN3O2. The molecule has 146 valence electrons. The van der Waals surface area contributed by atoms with Crippen LogP contribution in [0.1, 0.15) is 35.7 Å². The average molecular weight is 406 g/mol. The van der Waals surface area contributed by atoms with Crippen molar-refractivity contribution in [1.82, 2.24) is 14.8 Å². The summed E-state index contributed by atoms with van der Waals surface area (Å²) in [6, 6.07) is 15.2. The molecule has 1 saturated heterocycles. The Morgan fingerprint density at radius 3 is 2.52 bits per heavy atom. The molecule has 2 fully saturated rings. The summed E-state index contributed by atoms with van der Waals surface area (Å²) in [6.45, 7) is 0.180. The summed E-state index contributed by atoms with van der Waals surface area (Å²) in [6.07, 6.45) is 2.56. The van der Waals surface area contributed by atoms with Crippen LogP contribution in [0.15, 0.2) is 48.5 Å². The van der Waals surface area contributed by atoms with E-state index in [1.165, 1.54) is 0 Å². The summed E-state index contributed by atoms with van der Waals surface area (Å²) in [4.78, 5) is 33.8. The summed E-state index contributed by atoms with van der Waals surface area (Å²) in [5.74, 6) is 0.104. The zero-order chi connectivity index (χ0) is 19.7. The van der Waals surface area contributed by atoms with E-state index in [9.17, 15) is 9.59 Å². The van der Waals surface area contributed by atoms with Crippen LogP contribution in [-0.4, -0.2) is 45.2 Å². The maximum atomic E-state index is 13.4. The molecule has 29 heavy (non-hydrogen) atoms. The molecule has 3 aliphatic rings. The van der Waals surface area contributed by atoms with Crippen LogP contribution >= 0.6 is 11.6 Å². The standard InChI is InChI=1S/C23H20ClN3O2/c24-14-7-5-13(6-8-14)22-21-17(16-3-1-2-4-18(16)25-21)11-19-23(29)26(15-9-10-15)12-20(28)27(19)22/h1-8,15,19,22,25H,9-12H2/t19-,22-/m0/s1. The van der Waals surface area contributed by atoms with Crippen LogP contribution in [0.4, 0.5) is 0 Å². The first-order valence-electron chi connectivity index (χ1n) is 10.1. The lowest BCUT2D eigenvalue weighted by atomic mass is 9.86. The van der Waals surface area contributed by atoms with Gasteiger partial charge in [0, 0.05) is 34.1 Å². The molecule has 2 aliphatic heterocycles. The normalized spacial score (nSPS) is 24.0. The highest BCUT2D eigenvalue weighted by molar-refractivity contribution is 6.30. The number of hydrogen-bond acceptors (Lipinski definition) is 2. The van der Waals surface area contributed by atoms with Gasteiger partial charge in [-0.1, -0.05) is 41.9 Å². The first-order valence-corrected chi connectivity index (χ1v) is 10.5. The molecule has 2 aromatic carbocycles. The summed E-state index contributed by atoms with van der Waals surface area (Å²) in [5.41, 5.74) is 4.15. The molecule has 1 aromatic heterocycles. The Kier molecular flexibility index (Phi) is 3.60. The van der Waals surface area contributed by atoms with Crippen molar-refractivity contribution < 1.29 is 9.59 Å². The lowest BCUT2D eigenvalue weighted by molar-refractivity contribution is -0.159. The number of nitrogens with one attached hydrogen (secondary N) is 1. The number of hydrogen-bond donors (Lipinski definition) is 1. The second-order valence-corrected chi connectivity index (χ2v) is 8.67. The number of aromatic amines is 1. The van der Waals surface area contributed by atoms with E-state index in [1.54, 1.807) is 0 Å². The van der Waals surface area contributed by atoms with Gasteiger partial charge < -0.3 is 14.8 Å². The number of H-pyrrole nitrogens is 1. The Labute approximate surface area is 173 Å². The molecule has 0 bridgehead atoms. The molecule has 2 amide bonds. The number of halogens is 1. The van der Waals surface area contributed by atoms with E-state index < -0.39 is 6.04 Å². The third kappa shape index (κ3) is 2.53. The van der Waals surface area contributed by atoms with Crippen LogP contribution < -0.4 is 0 Å². The van der Waals surface area contributed by atoms with Crippen LogP contribution in [0.5, 0.6) is 0 Å². The minimum absolute atomic E-state index is 0.0192. The quantitative estimate of drug-likeness (QED) is 0.707. The molecule has 6 heteroatoms. The molecule has 2 atom stereocenters. The van der Waals surface area contributed by atoms with Crippen molar-refractivity contribution in [2.75, 3.05) is 6.54 Å². The lowest BCUT2D eigenvalue weighted by Crippen LogP contribution is -2.63. The minimum atomic E-state index is -0.454. The predicted molar refractivity (Wildman–Crippen MR) is 111 cm³/mol. The average Bonchev–Trinajstić information content (AvgIpc) is 3.50. The molecular weight excluding hydrogens is 386 g/mol. The van der Waals surface area contributed by atoms with Gasteiger partial charge in [0.25, 0.3) is 0 Å². The van der Waals surface area contributed by atoms with Gasteiger partial charge in [0.1, 0.15) is 12.6 Å². The van der Waals surface area contributed by atoms with Gasteiger partial charge >= 0.3 is 0 Å². The summed E-state index contributed by atoms with van der Waals surface area (Å²) in [7, 11) is 0. The summed E-state index contributed by atoms with van der Waals surface area (Å²) < 4.78 is 0. The summed E-state index contributed by atoms with van der Waals surface area (Å²) in [5, 5.41) is 1.78. The molecule has 0 radical (unpaired) electrons. The molecule has 5 nitrogen and oxygen atoms in total. The van der Waals surface area contributed by atoms with E-state index in [2.05, 4.69) is 11.1 Å². The Hall–Kier alpha value is -2.79. The number of fused-ring (bicyclic) bond motifs is 4. The summed E-state index contributed by atoms with van der Waals surface area (Å²) >= 11 is 6.12. The number of rotatable bonds is 2. The fourth-order valence-electron chi connectivity index (χ4n) is 4.97. The van der Waals surface area contributed by atoms with Gasteiger partial charge in [-0.3, -0.25) is 9.59 Å². The van der Waals surface area contributed by atoms with Gasteiger partial charge in [0.15, 0.2) is 0 Å². The Balaban J connectivity index is 1.55. The second-order valence-electron chi connectivity index (χ2n) is 8.24. The van der Waals surface area contributed by atoms with E-state index in [0.29, 0.717) is 11.4 Å². The molecule has 6 rings (SSSR count). The Morgan fingerprint density at radius 2 is 1.76 bits per heavy atom. The van der Waals surface area contributed by atoms with E-state index in [-0.39, 0.29) is 30.4 Å². The predicted octanol–water partition coefficient (Wildman–Crippen LogP) is 3.67. The smallest absolute Gasteiger partial charge is 0.246 e. The van der Waals surface area contributed by atoms with Crippen molar-refractivity contribution in [2.45, 2.75) is 37.4 Å². The van der Waals surface area contributed by atoms with Gasteiger partial charge in [-0.2, -0.15) is 0 Å². The number of carbonyl (C=O) groups excluding carboxylic acids is 2. The molecule has 3 aromatic rings. The second kappa shape index (κ2) is 6.10. The van der Waals surface area contributed by atoms with Crippen molar-refractivity contribution in [3.63, 3.8) is 0 Å². The lowest BCUT2D eigenvalue weighted by Gasteiger charge is -2.47. The van der Waals surface area contributed by atoms with Gasteiger partial charge in [-0.15, -0.1) is 0 Å². The zero-order valence-corrected chi connectivity index (χ0v) is 16.5. The highest BCUT2D eigenvalue weighted by atomic mass is 35.5. The highest BCUT2D eigenvalue weighted by Crippen LogP contribution is 2.43. The van der Waals surface area contributed by atoms with E-state index in [4.69, 9.17) is 11.6 Å². The molecule has 0 spiro atoms. The highest BCUT2D eigenvalue weighted by Gasteiger charge is 2.50. The van der Waals surface area contributed by atoms with Crippen LogP contribution in [0, 0.1) is 0 Å². The Morgan fingerprint density at radius 1 is 1.00 bits per heavy atom. The number of amides is 2. The van der Waals surface area contributed by atoms with Crippen molar-refractivity contribution in [2.24, 2.45) is 0 Å². The number of nitrogens with zero attached hydrogens (tertiary/aromatic N) is 2. The monoisotopic (exact) mass is 405 g/mol. The van der Waals surface area contributed by atoms with Gasteiger partial charge in [0.05, 0.1) is 6.04 Å². The van der Waals surface area contributed by atoms with Gasteiger partial charge in [-0.05, 0) is 42.2 Å². The molecule has 1 saturated carbocycles. The molecule has 1 aliphatic carbocycles. The third-order valence-corrected chi connectivity index (χ3v) is 6.72. The van der Waals surface area contributed by atoms with Crippen molar-refractivity contribution in [3.8, 4) is 0 Å². The maximum Gasteiger partial charge on any atom is 0.246 e. The van der Waals surface area contributed by atoms with Crippen LogP contribution in [0.3, 0.4) is 0 Å². The number of aromatic nitrogens is 1. The van der Waals surface area contributed by atoms with E-state index >= 15 is 0 Å². The third-order valence-electron chi connectivity index (χ3n) is 6.47. The number of para-hydroxylation sites is 1. The minimum Gasteiger partial charge on any atom is -0.356 e. The number of carbonyl (C=O) groups is 2. The fraction of sp³-hybridized carbons (Fsp3) is 0.304. The SMILES string of the molecule is O=C1[C@@H]2Cc3c([nH]c4ccccc34)[C@H](c3ccc(Cl)cc3)N2C(=O)CN1C1CC1. The molecule has 3 heterocycles. The van der Waals surface area contributed by atoms with E-state index in [1.807, 2.05) is 52.3 Å².